The van der Waals surface area contributed by atoms with Crippen LogP contribution in [0.2, 0.25) is 5.15 Å². The smallest absolute Gasteiger partial charge is 0.161 e. The average Bonchev–Trinajstić information content (AvgIpc) is 2.41. The molecule has 0 aliphatic rings. The molecule has 0 fully saturated rings. The standard InChI is InChI=1S/C15H8BrClF2N2/c1-7-4-8(18)2-3-9(7)15-20-13-6-12(19)11(16)5-10(13)14(17)21-15/h2-6H,1H3. The maximum Gasteiger partial charge on any atom is 0.161 e. The van der Waals surface area contributed by atoms with Gasteiger partial charge < -0.3 is 0 Å². The first-order valence-corrected chi connectivity index (χ1v) is 7.21. The van der Waals surface area contributed by atoms with E-state index in [1.54, 1.807) is 13.0 Å². The van der Waals surface area contributed by atoms with E-state index in [2.05, 4.69) is 25.9 Å². The number of benzene rings is 2. The van der Waals surface area contributed by atoms with E-state index in [0.717, 1.165) is 0 Å². The van der Waals surface area contributed by atoms with Crippen molar-refractivity contribution in [1.82, 2.24) is 9.97 Å². The highest BCUT2D eigenvalue weighted by Gasteiger charge is 2.12. The molecule has 0 amide bonds. The summed E-state index contributed by atoms with van der Waals surface area (Å²) in [6.45, 7) is 1.75. The van der Waals surface area contributed by atoms with E-state index in [-0.39, 0.29) is 11.0 Å². The Morgan fingerprint density at radius 3 is 2.57 bits per heavy atom. The van der Waals surface area contributed by atoms with Crippen molar-refractivity contribution in [2.24, 2.45) is 0 Å². The van der Waals surface area contributed by atoms with Gasteiger partial charge in [-0.3, -0.25) is 0 Å². The minimum absolute atomic E-state index is 0.222. The van der Waals surface area contributed by atoms with Crippen LogP contribution < -0.4 is 0 Å². The second-order valence-electron chi connectivity index (χ2n) is 4.58. The average molecular weight is 370 g/mol. The van der Waals surface area contributed by atoms with E-state index in [0.29, 0.717) is 32.3 Å². The van der Waals surface area contributed by atoms with Crippen molar-refractivity contribution in [1.29, 1.82) is 0 Å². The van der Waals surface area contributed by atoms with Gasteiger partial charge in [-0.05, 0) is 52.7 Å². The third-order valence-corrected chi connectivity index (χ3v) is 4.02. The second kappa shape index (κ2) is 5.31. The molecule has 0 spiro atoms. The number of hydrogen-bond donors (Lipinski definition) is 0. The topological polar surface area (TPSA) is 25.8 Å². The first kappa shape index (κ1) is 14.4. The summed E-state index contributed by atoms with van der Waals surface area (Å²) in [7, 11) is 0. The molecule has 0 radical (unpaired) electrons. The molecule has 106 valence electrons. The van der Waals surface area contributed by atoms with E-state index >= 15 is 0 Å². The van der Waals surface area contributed by atoms with Gasteiger partial charge >= 0.3 is 0 Å². The zero-order valence-corrected chi connectivity index (χ0v) is 13.1. The van der Waals surface area contributed by atoms with Crippen LogP contribution in [0.3, 0.4) is 0 Å². The van der Waals surface area contributed by atoms with Crippen molar-refractivity contribution in [3.63, 3.8) is 0 Å². The van der Waals surface area contributed by atoms with E-state index in [9.17, 15) is 8.78 Å². The van der Waals surface area contributed by atoms with Crippen molar-refractivity contribution in [3.8, 4) is 11.4 Å². The van der Waals surface area contributed by atoms with Crippen LogP contribution in [0.4, 0.5) is 8.78 Å². The molecule has 21 heavy (non-hydrogen) atoms. The van der Waals surface area contributed by atoms with Crippen LogP contribution in [-0.2, 0) is 0 Å². The Bertz CT molecular complexity index is 868. The lowest BCUT2D eigenvalue weighted by Gasteiger charge is -2.08. The number of nitrogens with zero attached hydrogens (tertiary/aromatic N) is 2. The second-order valence-corrected chi connectivity index (χ2v) is 5.79. The van der Waals surface area contributed by atoms with Gasteiger partial charge in [-0.1, -0.05) is 11.6 Å². The fourth-order valence-corrected chi connectivity index (χ4v) is 2.66. The lowest BCUT2D eigenvalue weighted by atomic mass is 10.1. The summed E-state index contributed by atoms with van der Waals surface area (Å²) >= 11 is 9.25. The monoisotopic (exact) mass is 368 g/mol. The van der Waals surface area contributed by atoms with E-state index in [1.807, 2.05) is 0 Å². The lowest BCUT2D eigenvalue weighted by molar-refractivity contribution is 0.623. The molecule has 0 atom stereocenters. The maximum absolute atomic E-state index is 13.6. The fourth-order valence-electron chi connectivity index (χ4n) is 2.08. The van der Waals surface area contributed by atoms with E-state index < -0.39 is 5.82 Å². The van der Waals surface area contributed by atoms with Crippen LogP contribution in [-0.4, -0.2) is 9.97 Å². The van der Waals surface area contributed by atoms with Crippen molar-refractivity contribution in [2.75, 3.05) is 0 Å². The zero-order valence-electron chi connectivity index (χ0n) is 10.8. The van der Waals surface area contributed by atoms with Gasteiger partial charge in [0.25, 0.3) is 0 Å². The maximum atomic E-state index is 13.6. The number of aromatic nitrogens is 2. The summed E-state index contributed by atoms with van der Waals surface area (Å²) in [6, 6.07) is 7.12. The first-order valence-electron chi connectivity index (χ1n) is 6.04. The third-order valence-electron chi connectivity index (χ3n) is 3.12. The van der Waals surface area contributed by atoms with Crippen LogP contribution in [0.25, 0.3) is 22.3 Å². The van der Waals surface area contributed by atoms with Gasteiger partial charge in [0, 0.05) is 17.0 Å². The van der Waals surface area contributed by atoms with Crippen molar-refractivity contribution < 1.29 is 8.78 Å². The number of halogens is 4. The molecule has 3 aromatic rings. The molecular formula is C15H8BrClF2N2. The molecule has 2 aromatic carbocycles. The molecule has 1 aromatic heterocycles. The minimum atomic E-state index is -0.431. The Balaban J connectivity index is 2.27. The van der Waals surface area contributed by atoms with Gasteiger partial charge in [0.15, 0.2) is 5.82 Å². The Hall–Kier alpha value is -1.59. The van der Waals surface area contributed by atoms with Crippen molar-refractivity contribution in [3.05, 3.63) is 57.2 Å². The number of fused-ring (bicyclic) bond motifs is 1. The van der Waals surface area contributed by atoms with Crippen molar-refractivity contribution >= 4 is 38.4 Å². The highest BCUT2D eigenvalue weighted by molar-refractivity contribution is 9.10. The van der Waals surface area contributed by atoms with Crippen LogP contribution in [0.5, 0.6) is 0 Å². The lowest BCUT2D eigenvalue weighted by Crippen LogP contribution is -1.95. The Morgan fingerprint density at radius 1 is 1.10 bits per heavy atom. The largest absolute Gasteiger partial charge is 0.228 e. The summed E-state index contributed by atoms with van der Waals surface area (Å²) in [6.07, 6.45) is 0. The predicted octanol–water partition coefficient (Wildman–Crippen LogP) is 5.30. The van der Waals surface area contributed by atoms with Crippen LogP contribution >= 0.6 is 27.5 Å². The van der Waals surface area contributed by atoms with Crippen LogP contribution in [0, 0.1) is 18.6 Å². The fraction of sp³-hybridized carbons (Fsp3) is 0.0667. The van der Waals surface area contributed by atoms with E-state index in [1.165, 1.54) is 24.3 Å². The zero-order chi connectivity index (χ0) is 15.1. The van der Waals surface area contributed by atoms with Gasteiger partial charge in [-0.15, -0.1) is 0 Å². The van der Waals surface area contributed by atoms with Gasteiger partial charge in [0.1, 0.15) is 16.8 Å². The molecule has 0 saturated heterocycles. The van der Waals surface area contributed by atoms with Crippen LogP contribution in [0.1, 0.15) is 5.56 Å². The summed E-state index contributed by atoms with van der Waals surface area (Å²) in [5, 5.41) is 0.771. The molecule has 6 heteroatoms. The summed E-state index contributed by atoms with van der Waals surface area (Å²) in [4.78, 5) is 8.54. The highest BCUT2D eigenvalue weighted by Crippen LogP contribution is 2.30. The van der Waals surface area contributed by atoms with Crippen molar-refractivity contribution in [2.45, 2.75) is 6.92 Å². The molecule has 0 bridgehead atoms. The molecule has 0 saturated carbocycles. The Kier molecular flexibility index (Phi) is 3.63. The molecule has 0 aliphatic heterocycles. The summed E-state index contributed by atoms with van der Waals surface area (Å²) < 4.78 is 27.1. The molecule has 0 N–H and O–H groups in total. The highest BCUT2D eigenvalue weighted by atomic mass is 79.9. The number of hydrogen-bond acceptors (Lipinski definition) is 2. The van der Waals surface area contributed by atoms with Gasteiger partial charge in [-0.2, -0.15) is 0 Å². The molecule has 3 rings (SSSR count). The minimum Gasteiger partial charge on any atom is -0.228 e. The quantitative estimate of drug-likeness (QED) is 0.544. The molecule has 0 unspecified atom stereocenters. The van der Waals surface area contributed by atoms with Gasteiger partial charge in [0.2, 0.25) is 0 Å². The SMILES string of the molecule is Cc1cc(F)ccc1-c1nc(Cl)c2cc(Br)c(F)cc2n1. The molecule has 2 nitrogen and oxygen atoms in total. The number of rotatable bonds is 1. The first-order chi connectivity index (χ1) is 9.95. The normalized spacial score (nSPS) is 11.1. The van der Waals surface area contributed by atoms with Gasteiger partial charge in [-0.25, -0.2) is 18.7 Å². The van der Waals surface area contributed by atoms with Gasteiger partial charge in [0.05, 0.1) is 9.99 Å². The van der Waals surface area contributed by atoms with Crippen LogP contribution in [0.15, 0.2) is 34.8 Å². The Morgan fingerprint density at radius 2 is 1.86 bits per heavy atom. The summed E-state index contributed by atoms with van der Waals surface area (Å²) in [5.74, 6) is -0.427. The molecule has 0 aliphatic carbocycles. The summed E-state index contributed by atoms with van der Waals surface area (Å²) in [5.41, 5.74) is 1.74. The molecular weight excluding hydrogens is 362 g/mol. The predicted molar refractivity (Wildman–Crippen MR) is 82.3 cm³/mol. The third kappa shape index (κ3) is 2.63. The van der Waals surface area contributed by atoms with E-state index in [4.69, 9.17) is 11.6 Å². The molecule has 1 heterocycles. The number of aryl methyl sites for hydroxylation is 1. The Labute approximate surface area is 132 Å².